The summed E-state index contributed by atoms with van der Waals surface area (Å²) >= 11 is 5.10. The average Bonchev–Trinajstić information content (AvgIpc) is 2.25. The van der Waals surface area contributed by atoms with E-state index in [9.17, 15) is 0 Å². The molecule has 18 heavy (non-hydrogen) atoms. The van der Waals surface area contributed by atoms with Gasteiger partial charge in [0.15, 0.2) is 0 Å². The summed E-state index contributed by atoms with van der Waals surface area (Å²) in [6.07, 6.45) is 3.45. The maximum Gasteiger partial charge on any atom is 0.0784 e. The lowest BCUT2D eigenvalue weighted by molar-refractivity contribution is 0.230. The van der Waals surface area contributed by atoms with Gasteiger partial charge in [0.05, 0.1) is 4.99 Å². The molecule has 0 saturated heterocycles. The van der Waals surface area contributed by atoms with Crippen LogP contribution in [0.25, 0.3) is 0 Å². The second kappa shape index (κ2) is 8.83. The second-order valence-electron chi connectivity index (χ2n) is 6.00. The fourth-order valence-electron chi connectivity index (χ4n) is 1.86. The van der Waals surface area contributed by atoms with Gasteiger partial charge in [-0.05, 0) is 46.4 Å². The number of nitrogens with zero attached hydrogens (tertiary/aromatic N) is 2. The highest BCUT2D eigenvalue weighted by Crippen LogP contribution is 2.22. The van der Waals surface area contributed by atoms with Crippen molar-refractivity contribution in [3.63, 3.8) is 0 Å². The van der Waals surface area contributed by atoms with Crippen molar-refractivity contribution in [3.05, 3.63) is 0 Å². The lowest BCUT2D eigenvalue weighted by Crippen LogP contribution is -2.35. The van der Waals surface area contributed by atoms with E-state index in [-0.39, 0.29) is 5.41 Å². The van der Waals surface area contributed by atoms with Crippen LogP contribution < -0.4 is 5.73 Å². The fourth-order valence-corrected chi connectivity index (χ4v) is 1.96. The van der Waals surface area contributed by atoms with E-state index in [1.807, 2.05) is 0 Å². The highest BCUT2D eigenvalue weighted by atomic mass is 32.1. The van der Waals surface area contributed by atoms with E-state index in [0.717, 1.165) is 32.5 Å². The Kier molecular flexibility index (Phi) is 8.74. The van der Waals surface area contributed by atoms with Crippen LogP contribution in [0.3, 0.4) is 0 Å². The first-order chi connectivity index (χ1) is 8.29. The molecule has 0 radical (unpaired) electrons. The Labute approximate surface area is 119 Å². The molecule has 0 saturated carbocycles. The van der Waals surface area contributed by atoms with Gasteiger partial charge in [0.1, 0.15) is 0 Å². The van der Waals surface area contributed by atoms with Gasteiger partial charge in [-0.2, -0.15) is 0 Å². The summed E-state index contributed by atoms with van der Waals surface area (Å²) < 4.78 is 0. The van der Waals surface area contributed by atoms with E-state index in [2.05, 4.69) is 44.7 Å². The molecule has 0 aromatic heterocycles. The standard InChI is InChI=1S/C14H31N3S/c1-6-9-17(12-11-16(4)5)10-7-8-14(2,3)13(15)18/h6-12H2,1-5H3,(H2,15,18). The Morgan fingerprint density at radius 1 is 1.11 bits per heavy atom. The van der Waals surface area contributed by atoms with Crippen LogP contribution in [-0.2, 0) is 0 Å². The summed E-state index contributed by atoms with van der Waals surface area (Å²) in [5.41, 5.74) is 5.75. The molecule has 0 heterocycles. The van der Waals surface area contributed by atoms with Gasteiger partial charge >= 0.3 is 0 Å². The zero-order valence-electron chi connectivity index (χ0n) is 12.8. The van der Waals surface area contributed by atoms with Gasteiger partial charge in [0.25, 0.3) is 0 Å². The van der Waals surface area contributed by atoms with E-state index < -0.39 is 0 Å². The first-order valence-electron chi connectivity index (χ1n) is 6.96. The van der Waals surface area contributed by atoms with Crippen molar-refractivity contribution in [1.29, 1.82) is 0 Å². The van der Waals surface area contributed by atoms with Crippen molar-refractivity contribution in [2.45, 2.75) is 40.0 Å². The van der Waals surface area contributed by atoms with Crippen molar-refractivity contribution in [3.8, 4) is 0 Å². The highest BCUT2D eigenvalue weighted by Gasteiger charge is 2.20. The lowest BCUT2D eigenvalue weighted by Gasteiger charge is -2.27. The average molecular weight is 273 g/mol. The Morgan fingerprint density at radius 3 is 2.17 bits per heavy atom. The second-order valence-corrected chi connectivity index (χ2v) is 6.44. The molecule has 3 nitrogen and oxygen atoms in total. The third-order valence-corrected chi connectivity index (χ3v) is 3.90. The molecule has 0 unspecified atom stereocenters. The van der Waals surface area contributed by atoms with E-state index in [1.54, 1.807) is 0 Å². The van der Waals surface area contributed by atoms with Crippen molar-refractivity contribution < 1.29 is 0 Å². The van der Waals surface area contributed by atoms with Gasteiger partial charge in [-0.15, -0.1) is 0 Å². The van der Waals surface area contributed by atoms with Crippen LogP contribution in [0.1, 0.15) is 40.0 Å². The number of likely N-dealkylation sites (N-methyl/N-ethyl adjacent to an activating group) is 1. The van der Waals surface area contributed by atoms with Crippen LogP contribution in [0.15, 0.2) is 0 Å². The first-order valence-corrected chi connectivity index (χ1v) is 7.37. The highest BCUT2D eigenvalue weighted by molar-refractivity contribution is 7.80. The first kappa shape index (κ1) is 17.8. The Bertz CT molecular complexity index is 239. The molecule has 0 amide bonds. The third-order valence-electron chi connectivity index (χ3n) is 3.35. The molecule has 0 aromatic rings. The molecule has 108 valence electrons. The molecule has 0 aromatic carbocycles. The topological polar surface area (TPSA) is 32.5 Å². The predicted molar refractivity (Wildman–Crippen MR) is 85.1 cm³/mol. The van der Waals surface area contributed by atoms with E-state index in [0.29, 0.717) is 4.99 Å². The van der Waals surface area contributed by atoms with E-state index >= 15 is 0 Å². The van der Waals surface area contributed by atoms with Gasteiger partial charge in [0, 0.05) is 18.5 Å². The van der Waals surface area contributed by atoms with Gasteiger partial charge < -0.3 is 15.5 Å². The summed E-state index contributed by atoms with van der Waals surface area (Å²) in [7, 11) is 4.25. The Morgan fingerprint density at radius 2 is 1.72 bits per heavy atom. The maximum atomic E-state index is 5.76. The maximum absolute atomic E-state index is 5.76. The third kappa shape index (κ3) is 8.01. The zero-order valence-corrected chi connectivity index (χ0v) is 13.6. The van der Waals surface area contributed by atoms with Crippen molar-refractivity contribution in [1.82, 2.24) is 9.80 Å². The molecule has 0 atom stereocenters. The van der Waals surface area contributed by atoms with Gasteiger partial charge in [-0.3, -0.25) is 0 Å². The van der Waals surface area contributed by atoms with Crippen molar-refractivity contribution >= 4 is 17.2 Å². The van der Waals surface area contributed by atoms with Gasteiger partial charge in [-0.25, -0.2) is 0 Å². The normalized spacial score (nSPS) is 12.4. The van der Waals surface area contributed by atoms with Crippen LogP contribution in [0.2, 0.25) is 0 Å². The summed E-state index contributed by atoms with van der Waals surface area (Å²) in [4.78, 5) is 5.41. The van der Waals surface area contributed by atoms with Gasteiger partial charge in [-0.1, -0.05) is 33.0 Å². The molecule has 4 heteroatoms. The lowest BCUT2D eigenvalue weighted by atomic mass is 9.88. The van der Waals surface area contributed by atoms with Crippen LogP contribution in [-0.4, -0.2) is 55.1 Å². The summed E-state index contributed by atoms with van der Waals surface area (Å²) in [6.45, 7) is 11.1. The smallest absolute Gasteiger partial charge is 0.0784 e. The summed E-state index contributed by atoms with van der Waals surface area (Å²) in [6, 6.07) is 0. The molecule has 2 N–H and O–H groups in total. The SMILES string of the molecule is CCCN(CCCC(C)(C)C(N)=S)CCN(C)C. The molecule has 0 rings (SSSR count). The molecule has 0 fully saturated rings. The van der Waals surface area contributed by atoms with Crippen LogP contribution in [0.4, 0.5) is 0 Å². The minimum absolute atomic E-state index is 0.00519. The van der Waals surface area contributed by atoms with E-state index in [1.165, 1.54) is 13.0 Å². The molecule has 0 bridgehead atoms. The summed E-state index contributed by atoms with van der Waals surface area (Å²) in [5, 5.41) is 0. The Hall–Kier alpha value is -0.190. The van der Waals surface area contributed by atoms with Crippen LogP contribution in [0, 0.1) is 5.41 Å². The number of hydrogen-bond donors (Lipinski definition) is 1. The minimum Gasteiger partial charge on any atom is -0.393 e. The molecule has 0 aliphatic heterocycles. The predicted octanol–water partition coefficient (Wildman–Crippen LogP) is 2.35. The molecule has 0 aliphatic rings. The number of hydrogen-bond acceptors (Lipinski definition) is 3. The number of nitrogens with two attached hydrogens (primary N) is 1. The monoisotopic (exact) mass is 273 g/mol. The largest absolute Gasteiger partial charge is 0.393 e. The fraction of sp³-hybridized carbons (Fsp3) is 0.929. The molecule has 0 spiro atoms. The van der Waals surface area contributed by atoms with E-state index in [4.69, 9.17) is 18.0 Å². The van der Waals surface area contributed by atoms with Crippen molar-refractivity contribution in [2.24, 2.45) is 11.1 Å². The molecule has 0 aliphatic carbocycles. The number of thiocarbonyl (C=S) groups is 1. The number of rotatable bonds is 10. The minimum atomic E-state index is -0.00519. The quantitative estimate of drug-likeness (QED) is 0.619. The van der Waals surface area contributed by atoms with Crippen LogP contribution in [0.5, 0.6) is 0 Å². The van der Waals surface area contributed by atoms with Crippen molar-refractivity contribution in [2.75, 3.05) is 40.3 Å². The molecular weight excluding hydrogens is 242 g/mol. The summed E-state index contributed by atoms with van der Waals surface area (Å²) in [5.74, 6) is 0. The zero-order chi connectivity index (χ0) is 14.2. The molecular formula is C14H31N3S. The van der Waals surface area contributed by atoms with Gasteiger partial charge in [0.2, 0.25) is 0 Å². The van der Waals surface area contributed by atoms with Crippen LogP contribution >= 0.6 is 12.2 Å². The Balaban J connectivity index is 4.00.